The molecular formula is C17H24BNO. The van der Waals surface area contributed by atoms with Gasteiger partial charge >= 0.3 is 7.05 Å². The van der Waals surface area contributed by atoms with Crippen molar-refractivity contribution in [3.63, 3.8) is 0 Å². The van der Waals surface area contributed by atoms with Crippen molar-refractivity contribution < 1.29 is 5.02 Å². The molecule has 0 aliphatic carbocycles. The first kappa shape index (κ1) is 14.9. The highest BCUT2D eigenvalue weighted by molar-refractivity contribution is 6.47. The molecule has 0 amide bonds. The van der Waals surface area contributed by atoms with Gasteiger partial charge in [-0.15, -0.1) is 0 Å². The van der Waals surface area contributed by atoms with E-state index in [1.54, 1.807) is 6.82 Å². The van der Waals surface area contributed by atoms with Gasteiger partial charge in [-0.25, -0.2) is 0 Å². The lowest BCUT2D eigenvalue weighted by atomic mass is 9.87. The molecule has 0 fully saturated rings. The molecule has 1 aromatic heterocycles. The highest BCUT2D eigenvalue weighted by Gasteiger charge is 2.11. The van der Waals surface area contributed by atoms with Crippen molar-refractivity contribution >= 4 is 7.05 Å². The second-order valence-electron chi connectivity index (χ2n) is 5.44. The van der Waals surface area contributed by atoms with Crippen molar-refractivity contribution in [1.29, 1.82) is 0 Å². The van der Waals surface area contributed by atoms with Crippen molar-refractivity contribution in [3.05, 3.63) is 48.2 Å². The average molecular weight is 269 g/mol. The van der Waals surface area contributed by atoms with Crippen LogP contribution in [0.3, 0.4) is 0 Å². The molecular weight excluding hydrogens is 245 g/mol. The first-order valence-electron chi connectivity index (χ1n) is 7.66. The van der Waals surface area contributed by atoms with E-state index >= 15 is 0 Å². The van der Waals surface area contributed by atoms with Crippen molar-refractivity contribution in [2.24, 2.45) is 0 Å². The summed E-state index contributed by atoms with van der Waals surface area (Å²) in [7, 11) is -0.492. The first-order chi connectivity index (χ1) is 9.72. The molecule has 0 aliphatic heterocycles. The number of rotatable bonds is 7. The Labute approximate surface area is 122 Å². The largest absolute Gasteiger partial charge is 0.432 e. The van der Waals surface area contributed by atoms with Crippen LogP contribution in [0.1, 0.15) is 38.2 Å². The zero-order chi connectivity index (χ0) is 14.4. The van der Waals surface area contributed by atoms with Gasteiger partial charge in [0.2, 0.25) is 0 Å². The Kier molecular flexibility index (Phi) is 5.48. The van der Waals surface area contributed by atoms with E-state index in [0.717, 1.165) is 17.7 Å². The SMILES string of the molecule is CCCCCCc1ccc(-c2cccn2B(C)O)cc1. The molecule has 2 nitrogen and oxygen atoms in total. The summed E-state index contributed by atoms with van der Waals surface area (Å²) >= 11 is 0. The van der Waals surface area contributed by atoms with Crippen molar-refractivity contribution in [2.45, 2.75) is 45.9 Å². The Hall–Kier alpha value is -1.48. The quantitative estimate of drug-likeness (QED) is 0.590. The first-order valence-corrected chi connectivity index (χ1v) is 7.66. The Balaban J connectivity index is 2.02. The predicted octanol–water partition coefficient (Wildman–Crippen LogP) is 4.24. The van der Waals surface area contributed by atoms with Gasteiger partial charge < -0.3 is 9.50 Å². The number of aryl methyl sites for hydroxylation is 1. The molecule has 106 valence electrons. The maximum Gasteiger partial charge on any atom is 0.413 e. The summed E-state index contributed by atoms with van der Waals surface area (Å²) in [5, 5.41) is 9.74. The van der Waals surface area contributed by atoms with Crippen LogP contribution in [0.5, 0.6) is 0 Å². The normalized spacial score (nSPS) is 10.8. The molecule has 1 aromatic carbocycles. The summed E-state index contributed by atoms with van der Waals surface area (Å²) in [6.07, 6.45) is 8.30. The zero-order valence-electron chi connectivity index (χ0n) is 12.5. The van der Waals surface area contributed by atoms with E-state index in [1.807, 2.05) is 22.8 Å². The van der Waals surface area contributed by atoms with E-state index in [0.29, 0.717) is 0 Å². The number of hydrogen-bond donors (Lipinski definition) is 1. The van der Waals surface area contributed by atoms with Crippen LogP contribution < -0.4 is 0 Å². The van der Waals surface area contributed by atoms with E-state index in [2.05, 4.69) is 31.2 Å². The van der Waals surface area contributed by atoms with Crippen molar-refractivity contribution in [2.75, 3.05) is 0 Å². The Bertz CT molecular complexity index is 516. The van der Waals surface area contributed by atoms with Crippen molar-refractivity contribution in [3.8, 4) is 11.3 Å². The van der Waals surface area contributed by atoms with E-state index in [1.165, 1.54) is 31.2 Å². The fourth-order valence-corrected chi connectivity index (χ4v) is 2.56. The van der Waals surface area contributed by atoms with Gasteiger partial charge in [0.25, 0.3) is 0 Å². The molecule has 0 bridgehead atoms. The maximum atomic E-state index is 9.74. The third-order valence-corrected chi connectivity index (χ3v) is 3.75. The fraction of sp³-hybridized carbons (Fsp3) is 0.412. The third-order valence-electron chi connectivity index (χ3n) is 3.75. The van der Waals surface area contributed by atoms with Gasteiger partial charge in [0, 0.05) is 5.69 Å². The summed E-state index contributed by atoms with van der Waals surface area (Å²) in [6.45, 7) is 4.03. The van der Waals surface area contributed by atoms with Gasteiger partial charge in [0.05, 0.1) is 0 Å². The lowest BCUT2D eigenvalue weighted by Crippen LogP contribution is -2.19. The molecule has 0 saturated heterocycles. The molecule has 0 unspecified atom stereocenters. The lowest BCUT2D eigenvalue weighted by molar-refractivity contribution is 0.564. The van der Waals surface area contributed by atoms with Gasteiger partial charge in [-0.05, 0) is 49.1 Å². The Morgan fingerprint density at radius 1 is 1.05 bits per heavy atom. The zero-order valence-corrected chi connectivity index (χ0v) is 12.5. The van der Waals surface area contributed by atoms with E-state index in [9.17, 15) is 5.02 Å². The summed E-state index contributed by atoms with van der Waals surface area (Å²) in [5.41, 5.74) is 3.63. The summed E-state index contributed by atoms with van der Waals surface area (Å²) in [4.78, 5) is 0. The van der Waals surface area contributed by atoms with Gasteiger partial charge in [-0.2, -0.15) is 0 Å². The van der Waals surface area contributed by atoms with Crippen LogP contribution in [0.15, 0.2) is 42.6 Å². The topological polar surface area (TPSA) is 25.2 Å². The molecule has 1 heterocycles. The number of unbranched alkanes of at least 4 members (excludes halogenated alkanes) is 3. The van der Waals surface area contributed by atoms with Crippen LogP contribution in [-0.4, -0.2) is 16.6 Å². The Morgan fingerprint density at radius 3 is 2.45 bits per heavy atom. The minimum absolute atomic E-state index is 0.492. The lowest BCUT2D eigenvalue weighted by Gasteiger charge is -2.10. The fourth-order valence-electron chi connectivity index (χ4n) is 2.56. The summed E-state index contributed by atoms with van der Waals surface area (Å²) < 4.78 is 1.89. The summed E-state index contributed by atoms with van der Waals surface area (Å²) in [6, 6.07) is 12.7. The van der Waals surface area contributed by atoms with Crippen molar-refractivity contribution in [1.82, 2.24) is 4.48 Å². The minimum atomic E-state index is -0.492. The minimum Gasteiger partial charge on any atom is -0.432 e. The van der Waals surface area contributed by atoms with E-state index in [-0.39, 0.29) is 0 Å². The van der Waals surface area contributed by atoms with Crippen LogP contribution in [-0.2, 0) is 6.42 Å². The Morgan fingerprint density at radius 2 is 1.80 bits per heavy atom. The molecule has 0 radical (unpaired) electrons. The van der Waals surface area contributed by atoms with Crippen LogP contribution in [0.25, 0.3) is 11.3 Å². The highest BCUT2D eigenvalue weighted by atomic mass is 16.2. The number of benzene rings is 1. The smallest absolute Gasteiger partial charge is 0.413 e. The van der Waals surface area contributed by atoms with E-state index < -0.39 is 7.05 Å². The third kappa shape index (κ3) is 3.77. The highest BCUT2D eigenvalue weighted by Crippen LogP contribution is 2.21. The summed E-state index contributed by atoms with van der Waals surface area (Å²) in [5.74, 6) is 0. The van der Waals surface area contributed by atoms with Gasteiger partial charge in [0.15, 0.2) is 0 Å². The number of aromatic nitrogens is 1. The molecule has 0 spiro atoms. The average Bonchev–Trinajstić information content (AvgIpc) is 2.94. The predicted molar refractivity (Wildman–Crippen MR) is 86.9 cm³/mol. The second-order valence-corrected chi connectivity index (χ2v) is 5.44. The molecule has 3 heteroatoms. The maximum absolute atomic E-state index is 9.74. The molecule has 0 saturated carbocycles. The van der Waals surface area contributed by atoms with Crippen LogP contribution in [0.2, 0.25) is 6.82 Å². The number of nitrogens with zero attached hydrogens (tertiary/aromatic N) is 1. The molecule has 0 atom stereocenters. The molecule has 20 heavy (non-hydrogen) atoms. The van der Waals surface area contributed by atoms with Crippen LogP contribution >= 0.6 is 0 Å². The monoisotopic (exact) mass is 269 g/mol. The molecule has 2 aromatic rings. The number of hydrogen-bond acceptors (Lipinski definition) is 1. The van der Waals surface area contributed by atoms with Gasteiger partial charge in [-0.3, -0.25) is 0 Å². The molecule has 2 rings (SSSR count). The van der Waals surface area contributed by atoms with Gasteiger partial charge in [0.1, 0.15) is 0 Å². The molecule has 0 aliphatic rings. The van der Waals surface area contributed by atoms with Gasteiger partial charge in [-0.1, -0.05) is 50.5 Å². The molecule has 1 N–H and O–H groups in total. The standard InChI is InChI=1S/C17H24BNO/c1-3-4-5-6-8-15-10-12-16(13-11-15)17-9-7-14-19(17)18(2)20/h7,9-14,20H,3-6,8H2,1-2H3. The van der Waals surface area contributed by atoms with E-state index in [4.69, 9.17) is 0 Å². The van der Waals surface area contributed by atoms with Crippen LogP contribution in [0.4, 0.5) is 0 Å². The van der Waals surface area contributed by atoms with Crippen LogP contribution in [0, 0.1) is 0 Å². The second kappa shape index (κ2) is 7.35.